The van der Waals surface area contributed by atoms with Crippen LogP contribution in [0.1, 0.15) is 5.56 Å². The molecule has 0 saturated carbocycles. The van der Waals surface area contributed by atoms with E-state index in [1.54, 1.807) is 24.3 Å². The van der Waals surface area contributed by atoms with E-state index in [1.807, 2.05) is 0 Å². The van der Waals surface area contributed by atoms with E-state index in [1.165, 1.54) is 24.3 Å². The van der Waals surface area contributed by atoms with Gasteiger partial charge in [0.25, 0.3) is 11.6 Å². The van der Waals surface area contributed by atoms with Gasteiger partial charge < -0.3 is 10.4 Å². The first-order valence-corrected chi connectivity index (χ1v) is 8.15. The Labute approximate surface area is 151 Å². The lowest BCUT2D eigenvalue weighted by Crippen LogP contribution is -2.19. The number of nitro groups is 1. The Hall–Kier alpha value is -2.84. The number of benzene rings is 2. The maximum atomic E-state index is 12.1. The molecule has 2 aromatic rings. The van der Waals surface area contributed by atoms with Crippen LogP contribution in [0.15, 0.2) is 52.4 Å². The Morgan fingerprint density at radius 3 is 2.76 bits per heavy atom. The van der Waals surface area contributed by atoms with Gasteiger partial charge in [-0.25, -0.2) is 4.99 Å². The molecule has 9 heteroatoms. The Kier molecular flexibility index (Phi) is 4.73. The molecule has 0 unspecified atom stereocenters. The number of hydrogen-bond acceptors (Lipinski definition) is 6. The molecule has 1 fully saturated rings. The zero-order chi connectivity index (χ0) is 18.0. The number of phenols is 1. The van der Waals surface area contributed by atoms with Crippen molar-refractivity contribution in [1.82, 2.24) is 5.32 Å². The van der Waals surface area contributed by atoms with Gasteiger partial charge in [-0.15, -0.1) is 0 Å². The van der Waals surface area contributed by atoms with Crippen LogP contribution in [0.25, 0.3) is 6.08 Å². The topological polar surface area (TPSA) is 105 Å². The van der Waals surface area contributed by atoms with Crippen LogP contribution in [0.5, 0.6) is 5.75 Å². The van der Waals surface area contributed by atoms with E-state index in [2.05, 4.69) is 10.3 Å². The number of nitrogens with one attached hydrogen (secondary N) is 1. The molecule has 2 N–H and O–H groups in total. The minimum atomic E-state index is -0.576. The minimum Gasteiger partial charge on any atom is -0.507 e. The van der Waals surface area contributed by atoms with Gasteiger partial charge in [-0.2, -0.15) is 0 Å². The molecule has 7 nitrogen and oxygen atoms in total. The summed E-state index contributed by atoms with van der Waals surface area (Å²) in [5.41, 5.74) is 0.496. The van der Waals surface area contributed by atoms with E-state index in [0.29, 0.717) is 15.9 Å². The lowest BCUT2D eigenvalue weighted by molar-refractivity contribution is -0.384. The maximum absolute atomic E-state index is 12.1. The van der Waals surface area contributed by atoms with Gasteiger partial charge in [0.2, 0.25) is 0 Å². The van der Waals surface area contributed by atoms with Crippen molar-refractivity contribution in [2.45, 2.75) is 0 Å². The predicted octanol–water partition coefficient (Wildman–Crippen LogP) is 3.85. The van der Waals surface area contributed by atoms with Crippen LogP contribution in [0.4, 0.5) is 11.4 Å². The molecule has 1 heterocycles. The fourth-order valence-electron chi connectivity index (χ4n) is 2.04. The second-order valence-electron chi connectivity index (χ2n) is 4.93. The number of nitrogens with zero attached hydrogens (tertiary/aromatic N) is 2. The highest BCUT2D eigenvalue weighted by molar-refractivity contribution is 8.18. The van der Waals surface area contributed by atoms with E-state index < -0.39 is 10.8 Å². The average molecular weight is 376 g/mol. The normalized spacial score (nSPS) is 17.1. The Morgan fingerprint density at radius 1 is 1.28 bits per heavy atom. The number of para-hydroxylation sites is 1. The van der Waals surface area contributed by atoms with Crippen molar-refractivity contribution >= 4 is 51.9 Å². The molecular formula is C16H10ClN3O4S. The fraction of sp³-hybridized carbons (Fsp3) is 0. The first-order valence-electron chi connectivity index (χ1n) is 6.95. The van der Waals surface area contributed by atoms with E-state index in [4.69, 9.17) is 11.6 Å². The quantitative estimate of drug-likeness (QED) is 0.481. The zero-order valence-corrected chi connectivity index (χ0v) is 14.0. The van der Waals surface area contributed by atoms with Gasteiger partial charge in [0.1, 0.15) is 5.75 Å². The number of amides is 1. The fourth-order valence-corrected chi connectivity index (χ4v) is 3.05. The molecule has 1 saturated heterocycles. The third-order valence-corrected chi connectivity index (χ3v) is 4.46. The average Bonchev–Trinajstić information content (AvgIpc) is 2.91. The molecule has 0 aliphatic carbocycles. The summed E-state index contributed by atoms with van der Waals surface area (Å²) in [6.45, 7) is 0. The SMILES string of the molecule is O=C1NC(=Nc2ccccc2Cl)SC1=Cc1cc([N+](=O)[O-])ccc1O. The number of carbonyl (C=O) groups excluding carboxylic acids is 1. The Balaban J connectivity index is 1.91. The van der Waals surface area contributed by atoms with E-state index >= 15 is 0 Å². The van der Waals surface area contributed by atoms with Crippen molar-refractivity contribution in [3.8, 4) is 5.75 Å². The molecule has 0 atom stereocenters. The summed E-state index contributed by atoms with van der Waals surface area (Å²) >= 11 is 7.08. The van der Waals surface area contributed by atoms with Crippen LogP contribution in [0.2, 0.25) is 5.02 Å². The monoisotopic (exact) mass is 375 g/mol. The van der Waals surface area contributed by atoms with Crippen LogP contribution in [0, 0.1) is 10.1 Å². The van der Waals surface area contributed by atoms with E-state index in [-0.39, 0.29) is 21.9 Å². The molecule has 25 heavy (non-hydrogen) atoms. The molecule has 0 bridgehead atoms. The second-order valence-corrected chi connectivity index (χ2v) is 6.37. The van der Waals surface area contributed by atoms with Crippen LogP contribution < -0.4 is 5.32 Å². The van der Waals surface area contributed by atoms with Crippen LogP contribution in [0.3, 0.4) is 0 Å². The largest absolute Gasteiger partial charge is 0.507 e. The summed E-state index contributed by atoms with van der Waals surface area (Å²) in [5.74, 6) is -0.579. The van der Waals surface area contributed by atoms with Crippen LogP contribution in [-0.2, 0) is 4.79 Å². The lowest BCUT2D eigenvalue weighted by atomic mass is 10.1. The van der Waals surface area contributed by atoms with Gasteiger partial charge in [-0.3, -0.25) is 14.9 Å². The molecule has 0 spiro atoms. The van der Waals surface area contributed by atoms with Crippen molar-refractivity contribution in [2.24, 2.45) is 4.99 Å². The molecule has 1 aliphatic heterocycles. The number of nitro benzene ring substituents is 1. The van der Waals surface area contributed by atoms with Crippen molar-refractivity contribution in [3.05, 3.63) is 68.1 Å². The van der Waals surface area contributed by atoms with Crippen molar-refractivity contribution in [1.29, 1.82) is 0 Å². The summed E-state index contributed by atoms with van der Waals surface area (Å²) in [4.78, 5) is 26.9. The summed E-state index contributed by atoms with van der Waals surface area (Å²) in [5, 5.41) is 24.0. The van der Waals surface area contributed by atoms with Gasteiger partial charge in [0, 0.05) is 17.7 Å². The van der Waals surface area contributed by atoms with Gasteiger partial charge in [-0.05, 0) is 36.0 Å². The standard InChI is InChI=1S/C16H10ClN3O4S/c17-11-3-1-2-4-12(11)18-16-19-15(22)14(25-16)8-9-7-10(20(23)24)5-6-13(9)21/h1-8,21H,(H,18,19,22). The summed E-state index contributed by atoms with van der Waals surface area (Å²) in [7, 11) is 0. The number of non-ortho nitro benzene ring substituents is 1. The molecule has 1 amide bonds. The first kappa shape index (κ1) is 17.0. The Morgan fingerprint density at radius 2 is 2.04 bits per heavy atom. The number of halogens is 1. The number of rotatable bonds is 3. The summed E-state index contributed by atoms with van der Waals surface area (Å²) in [6, 6.07) is 10.5. The smallest absolute Gasteiger partial charge is 0.270 e. The maximum Gasteiger partial charge on any atom is 0.270 e. The number of carbonyl (C=O) groups is 1. The molecule has 126 valence electrons. The van der Waals surface area contributed by atoms with Crippen LogP contribution in [-0.4, -0.2) is 21.1 Å². The number of phenolic OH excluding ortho intramolecular Hbond substituents is 1. The molecule has 2 aromatic carbocycles. The highest BCUT2D eigenvalue weighted by atomic mass is 35.5. The lowest BCUT2D eigenvalue weighted by Gasteiger charge is -2.00. The summed E-state index contributed by atoms with van der Waals surface area (Å²) < 4.78 is 0. The van der Waals surface area contributed by atoms with E-state index in [0.717, 1.165) is 11.8 Å². The third-order valence-electron chi connectivity index (χ3n) is 3.23. The van der Waals surface area contributed by atoms with Gasteiger partial charge in [-0.1, -0.05) is 23.7 Å². The minimum absolute atomic E-state index is 0.164. The van der Waals surface area contributed by atoms with Crippen molar-refractivity contribution in [3.63, 3.8) is 0 Å². The summed E-state index contributed by atoms with van der Waals surface area (Å²) in [6.07, 6.45) is 1.37. The first-order chi connectivity index (χ1) is 11.9. The number of hydrogen-bond donors (Lipinski definition) is 2. The molecule has 3 rings (SSSR count). The highest BCUT2D eigenvalue weighted by Gasteiger charge is 2.24. The number of thioether (sulfide) groups is 1. The van der Waals surface area contributed by atoms with Gasteiger partial charge >= 0.3 is 0 Å². The van der Waals surface area contributed by atoms with E-state index in [9.17, 15) is 20.0 Å². The number of amidine groups is 1. The second kappa shape index (κ2) is 6.96. The predicted molar refractivity (Wildman–Crippen MR) is 97.0 cm³/mol. The molecular weight excluding hydrogens is 366 g/mol. The highest BCUT2D eigenvalue weighted by Crippen LogP contribution is 2.33. The molecule has 0 aromatic heterocycles. The van der Waals surface area contributed by atoms with Crippen molar-refractivity contribution in [2.75, 3.05) is 0 Å². The van der Waals surface area contributed by atoms with Crippen molar-refractivity contribution < 1.29 is 14.8 Å². The van der Waals surface area contributed by atoms with Crippen LogP contribution >= 0.6 is 23.4 Å². The zero-order valence-electron chi connectivity index (χ0n) is 12.5. The Bertz CT molecular complexity index is 943. The number of aromatic hydroxyl groups is 1. The third kappa shape index (κ3) is 3.81. The molecule has 1 aliphatic rings. The number of aliphatic imine (C=N–C) groups is 1. The van der Waals surface area contributed by atoms with Gasteiger partial charge in [0.15, 0.2) is 5.17 Å². The molecule has 0 radical (unpaired) electrons. The van der Waals surface area contributed by atoms with Gasteiger partial charge in [0.05, 0.1) is 20.5 Å².